The summed E-state index contributed by atoms with van der Waals surface area (Å²) in [4.78, 5) is 2.19. The molecule has 1 aromatic heterocycles. The highest BCUT2D eigenvalue weighted by molar-refractivity contribution is 6.31. The maximum atomic E-state index is 6.04. The lowest BCUT2D eigenvalue weighted by atomic mass is 10.2. The molecule has 0 atom stereocenters. The number of benzene rings is 1. The normalized spacial score (nSPS) is 16.4. The summed E-state index contributed by atoms with van der Waals surface area (Å²) in [7, 11) is 0. The average Bonchev–Trinajstić information content (AvgIpc) is 2.39. The first-order chi connectivity index (χ1) is 8.34. The number of anilines is 1. The number of halogens is 1. The zero-order chi connectivity index (χ0) is 11.7. The molecule has 1 aromatic carbocycles. The van der Waals surface area contributed by atoms with Gasteiger partial charge < -0.3 is 9.64 Å². The van der Waals surface area contributed by atoms with Gasteiger partial charge in [0.15, 0.2) is 5.82 Å². The van der Waals surface area contributed by atoms with E-state index in [1.807, 2.05) is 18.2 Å². The van der Waals surface area contributed by atoms with E-state index in [4.69, 9.17) is 16.3 Å². The molecule has 2 heterocycles. The molecule has 1 saturated heterocycles. The zero-order valence-electron chi connectivity index (χ0n) is 9.27. The van der Waals surface area contributed by atoms with Gasteiger partial charge in [-0.3, -0.25) is 0 Å². The standard InChI is InChI=1S/C12H12ClN3O/c13-10-2-1-9-8-14-15-12(11(9)7-10)16-3-5-17-6-4-16/h1-2,7-8H,3-6H2. The summed E-state index contributed by atoms with van der Waals surface area (Å²) in [6.45, 7) is 3.16. The number of fused-ring (bicyclic) bond motifs is 1. The molecule has 1 aliphatic rings. The van der Waals surface area contributed by atoms with Gasteiger partial charge in [-0.2, -0.15) is 5.10 Å². The van der Waals surface area contributed by atoms with Gasteiger partial charge in [0.25, 0.3) is 0 Å². The Morgan fingerprint density at radius 1 is 1.24 bits per heavy atom. The van der Waals surface area contributed by atoms with Crippen LogP contribution < -0.4 is 4.90 Å². The average molecular weight is 250 g/mol. The van der Waals surface area contributed by atoms with Gasteiger partial charge in [0.1, 0.15) is 0 Å². The molecule has 88 valence electrons. The Kier molecular flexibility index (Phi) is 2.82. The van der Waals surface area contributed by atoms with Gasteiger partial charge in [0, 0.05) is 28.9 Å². The van der Waals surface area contributed by atoms with E-state index in [0.29, 0.717) is 0 Å². The van der Waals surface area contributed by atoms with Crippen LogP contribution in [0.5, 0.6) is 0 Å². The molecule has 0 radical (unpaired) electrons. The van der Waals surface area contributed by atoms with Crippen molar-refractivity contribution in [2.45, 2.75) is 0 Å². The second-order valence-electron chi connectivity index (χ2n) is 4.00. The Balaban J connectivity index is 2.11. The van der Waals surface area contributed by atoms with Crippen molar-refractivity contribution in [2.24, 2.45) is 0 Å². The molecule has 0 spiro atoms. The number of hydrogen-bond acceptors (Lipinski definition) is 4. The predicted molar refractivity (Wildman–Crippen MR) is 67.6 cm³/mol. The first kappa shape index (κ1) is 10.7. The van der Waals surface area contributed by atoms with E-state index in [0.717, 1.165) is 47.9 Å². The minimum atomic E-state index is 0.722. The Labute approximate surface area is 104 Å². The van der Waals surface area contributed by atoms with E-state index >= 15 is 0 Å². The molecule has 1 fully saturated rings. The van der Waals surface area contributed by atoms with E-state index in [1.165, 1.54) is 0 Å². The summed E-state index contributed by atoms with van der Waals surface area (Å²) in [5, 5.41) is 11.1. The third-order valence-electron chi connectivity index (χ3n) is 2.92. The molecule has 4 nitrogen and oxygen atoms in total. The maximum Gasteiger partial charge on any atom is 0.159 e. The molecule has 0 bridgehead atoms. The van der Waals surface area contributed by atoms with Crippen molar-refractivity contribution in [2.75, 3.05) is 31.2 Å². The topological polar surface area (TPSA) is 38.2 Å². The molecule has 0 amide bonds. The third-order valence-corrected chi connectivity index (χ3v) is 3.15. The van der Waals surface area contributed by atoms with Crippen LogP contribution in [-0.2, 0) is 4.74 Å². The van der Waals surface area contributed by atoms with Crippen LogP contribution in [0.1, 0.15) is 0 Å². The summed E-state index contributed by atoms with van der Waals surface area (Å²) >= 11 is 6.04. The van der Waals surface area contributed by atoms with Crippen LogP contribution in [0.25, 0.3) is 10.8 Å². The number of morpholine rings is 1. The highest BCUT2D eigenvalue weighted by Gasteiger charge is 2.15. The Morgan fingerprint density at radius 3 is 2.88 bits per heavy atom. The van der Waals surface area contributed by atoms with Gasteiger partial charge in [0.05, 0.1) is 19.4 Å². The van der Waals surface area contributed by atoms with Crippen molar-refractivity contribution in [1.82, 2.24) is 10.2 Å². The fraction of sp³-hybridized carbons (Fsp3) is 0.333. The third kappa shape index (κ3) is 2.06. The number of nitrogens with zero attached hydrogens (tertiary/aromatic N) is 3. The molecule has 3 rings (SSSR count). The molecule has 1 aliphatic heterocycles. The van der Waals surface area contributed by atoms with Crippen molar-refractivity contribution in [3.8, 4) is 0 Å². The lowest BCUT2D eigenvalue weighted by molar-refractivity contribution is 0.122. The molecule has 2 aromatic rings. The summed E-state index contributed by atoms with van der Waals surface area (Å²) in [6.07, 6.45) is 1.76. The van der Waals surface area contributed by atoms with Crippen molar-refractivity contribution >= 4 is 28.2 Å². The highest BCUT2D eigenvalue weighted by atomic mass is 35.5. The van der Waals surface area contributed by atoms with E-state index < -0.39 is 0 Å². The number of ether oxygens (including phenoxy) is 1. The van der Waals surface area contributed by atoms with Gasteiger partial charge in [0.2, 0.25) is 0 Å². The Hall–Kier alpha value is -1.39. The van der Waals surface area contributed by atoms with Gasteiger partial charge in [-0.15, -0.1) is 5.10 Å². The molecular weight excluding hydrogens is 238 g/mol. The molecule has 0 unspecified atom stereocenters. The van der Waals surface area contributed by atoms with Crippen LogP contribution in [0.4, 0.5) is 5.82 Å². The second-order valence-corrected chi connectivity index (χ2v) is 4.44. The van der Waals surface area contributed by atoms with Crippen LogP contribution in [0.15, 0.2) is 24.4 Å². The van der Waals surface area contributed by atoms with Crippen molar-refractivity contribution in [3.63, 3.8) is 0 Å². The number of hydrogen-bond donors (Lipinski definition) is 0. The van der Waals surface area contributed by atoms with E-state index in [9.17, 15) is 0 Å². The van der Waals surface area contributed by atoms with E-state index in [2.05, 4.69) is 15.1 Å². The molecule has 5 heteroatoms. The Bertz CT molecular complexity index is 540. The van der Waals surface area contributed by atoms with Crippen LogP contribution >= 0.6 is 11.6 Å². The summed E-state index contributed by atoms with van der Waals surface area (Å²) < 4.78 is 5.34. The summed E-state index contributed by atoms with van der Waals surface area (Å²) in [5.74, 6) is 0.897. The molecule has 0 saturated carbocycles. The summed E-state index contributed by atoms with van der Waals surface area (Å²) in [5.41, 5.74) is 0. The van der Waals surface area contributed by atoms with Crippen LogP contribution in [0.2, 0.25) is 5.02 Å². The fourth-order valence-electron chi connectivity index (χ4n) is 2.04. The second kappa shape index (κ2) is 4.47. The smallest absolute Gasteiger partial charge is 0.159 e. The van der Waals surface area contributed by atoms with Crippen LogP contribution in [0.3, 0.4) is 0 Å². The van der Waals surface area contributed by atoms with E-state index in [1.54, 1.807) is 6.20 Å². The highest BCUT2D eigenvalue weighted by Crippen LogP contribution is 2.26. The maximum absolute atomic E-state index is 6.04. The van der Waals surface area contributed by atoms with Crippen molar-refractivity contribution in [3.05, 3.63) is 29.4 Å². The SMILES string of the molecule is Clc1ccc2cnnc(N3CCOCC3)c2c1. The number of aromatic nitrogens is 2. The lowest BCUT2D eigenvalue weighted by Crippen LogP contribution is -2.37. The number of rotatable bonds is 1. The first-order valence-corrected chi connectivity index (χ1v) is 5.96. The van der Waals surface area contributed by atoms with Crippen LogP contribution in [0, 0.1) is 0 Å². The fourth-order valence-corrected chi connectivity index (χ4v) is 2.22. The van der Waals surface area contributed by atoms with Gasteiger partial charge >= 0.3 is 0 Å². The van der Waals surface area contributed by atoms with Gasteiger partial charge in [-0.05, 0) is 12.1 Å². The van der Waals surface area contributed by atoms with Crippen LogP contribution in [-0.4, -0.2) is 36.5 Å². The summed E-state index contributed by atoms with van der Waals surface area (Å²) in [6, 6.07) is 5.78. The largest absolute Gasteiger partial charge is 0.378 e. The molecular formula is C12H12ClN3O. The monoisotopic (exact) mass is 249 g/mol. The first-order valence-electron chi connectivity index (χ1n) is 5.58. The predicted octanol–water partition coefficient (Wildman–Crippen LogP) is 2.12. The molecule has 0 N–H and O–H groups in total. The Morgan fingerprint density at radius 2 is 2.06 bits per heavy atom. The minimum absolute atomic E-state index is 0.722. The molecule has 0 aliphatic carbocycles. The molecule has 17 heavy (non-hydrogen) atoms. The van der Waals surface area contributed by atoms with E-state index in [-0.39, 0.29) is 0 Å². The quantitative estimate of drug-likeness (QED) is 0.776. The minimum Gasteiger partial charge on any atom is -0.378 e. The lowest BCUT2D eigenvalue weighted by Gasteiger charge is -2.28. The van der Waals surface area contributed by atoms with Crippen molar-refractivity contribution in [1.29, 1.82) is 0 Å². The van der Waals surface area contributed by atoms with Gasteiger partial charge in [-0.25, -0.2) is 0 Å². The zero-order valence-corrected chi connectivity index (χ0v) is 10.0. The van der Waals surface area contributed by atoms with Crippen molar-refractivity contribution < 1.29 is 4.74 Å². The van der Waals surface area contributed by atoms with Gasteiger partial charge in [-0.1, -0.05) is 17.7 Å².